The molecular weight excluding hydrogens is 266 g/mol. The van der Waals surface area contributed by atoms with E-state index >= 15 is 0 Å². The fourth-order valence-electron chi connectivity index (χ4n) is 2.97. The summed E-state index contributed by atoms with van der Waals surface area (Å²) >= 11 is 0. The van der Waals surface area contributed by atoms with Crippen LogP contribution in [0.25, 0.3) is 0 Å². The Kier molecular flexibility index (Phi) is 3.25. The highest BCUT2D eigenvalue weighted by Gasteiger charge is 2.59. The number of aliphatic hydroxyl groups excluding tert-OH is 2. The highest BCUT2D eigenvalue weighted by molar-refractivity contribution is 5.24. The summed E-state index contributed by atoms with van der Waals surface area (Å²) in [5.41, 5.74) is 3.87. The van der Waals surface area contributed by atoms with Crippen LogP contribution in [0.3, 0.4) is 0 Å². The molecule has 8 heteroatoms. The van der Waals surface area contributed by atoms with Gasteiger partial charge in [-0.05, 0) is 18.9 Å². The first-order chi connectivity index (χ1) is 9.58. The normalized spacial score (nSPS) is 36.8. The molecule has 3 rings (SSSR count). The van der Waals surface area contributed by atoms with Crippen LogP contribution in [0, 0.1) is 0 Å². The molecular formula is C12H17N3O5. The molecule has 4 N–H and O–H groups in total. The van der Waals surface area contributed by atoms with E-state index in [2.05, 4.69) is 4.98 Å². The summed E-state index contributed by atoms with van der Waals surface area (Å²) in [6, 6.07) is 1.48. The Hall–Kier alpha value is -1.48. The van der Waals surface area contributed by atoms with Gasteiger partial charge in [0, 0.05) is 12.8 Å². The Morgan fingerprint density at radius 3 is 3.00 bits per heavy atom. The van der Waals surface area contributed by atoms with Crippen LogP contribution in [0.5, 0.6) is 0 Å². The Bertz CT molecular complexity index is 554. The van der Waals surface area contributed by atoms with Gasteiger partial charge in [0.1, 0.15) is 23.6 Å². The second-order valence-corrected chi connectivity index (χ2v) is 5.10. The van der Waals surface area contributed by atoms with E-state index in [1.807, 2.05) is 0 Å². The quantitative estimate of drug-likeness (QED) is 0.612. The third-order valence-electron chi connectivity index (χ3n) is 3.94. The molecule has 0 radical (unpaired) electrons. The molecule has 3 heterocycles. The molecule has 1 spiro atoms. The molecule has 0 aliphatic carbocycles. The van der Waals surface area contributed by atoms with Crippen molar-refractivity contribution in [3.63, 3.8) is 0 Å². The molecule has 1 aromatic rings. The van der Waals surface area contributed by atoms with Crippen molar-refractivity contribution in [2.24, 2.45) is 0 Å². The molecule has 0 aromatic carbocycles. The summed E-state index contributed by atoms with van der Waals surface area (Å²) in [4.78, 5) is 15.6. The molecule has 0 amide bonds. The molecule has 2 aliphatic rings. The van der Waals surface area contributed by atoms with Gasteiger partial charge in [0.2, 0.25) is 0 Å². The lowest BCUT2D eigenvalue weighted by atomic mass is 9.91. The second-order valence-electron chi connectivity index (χ2n) is 5.10. The minimum atomic E-state index is -1.02. The van der Waals surface area contributed by atoms with Gasteiger partial charge in [-0.2, -0.15) is 4.98 Å². The summed E-state index contributed by atoms with van der Waals surface area (Å²) in [6.07, 6.45) is 0.161. The van der Waals surface area contributed by atoms with Gasteiger partial charge in [-0.15, -0.1) is 0 Å². The Labute approximate surface area is 114 Å². The van der Waals surface area contributed by atoms with E-state index in [0.29, 0.717) is 13.0 Å². The summed E-state index contributed by atoms with van der Waals surface area (Å²) in [5, 5.41) is 19.6. The maximum absolute atomic E-state index is 12.0. The summed E-state index contributed by atoms with van der Waals surface area (Å²) in [7, 11) is 0. The van der Waals surface area contributed by atoms with Gasteiger partial charge < -0.3 is 25.4 Å². The molecule has 20 heavy (non-hydrogen) atoms. The number of aliphatic hydroxyl groups is 2. The minimum absolute atomic E-state index is 0.116. The smallest absolute Gasteiger partial charge is 0.351 e. The Morgan fingerprint density at radius 1 is 1.60 bits per heavy atom. The van der Waals surface area contributed by atoms with Gasteiger partial charge in [-0.3, -0.25) is 4.57 Å². The van der Waals surface area contributed by atoms with E-state index in [-0.39, 0.29) is 12.4 Å². The zero-order valence-electron chi connectivity index (χ0n) is 10.8. The van der Waals surface area contributed by atoms with Crippen LogP contribution in [0.1, 0.15) is 19.1 Å². The van der Waals surface area contributed by atoms with Crippen LogP contribution >= 0.6 is 0 Å². The maximum atomic E-state index is 12.0. The summed E-state index contributed by atoms with van der Waals surface area (Å²) < 4.78 is 12.6. The second kappa shape index (κ2) is 4.81. The van der Waals surface area contributed by atoms with Crippen molar-refractivity contribution in [1.29, 1.82) is 0 Å². The standard InChI is InChI=1S/C12H17N3O5/c13-8-2-4-15(11(18)14-8)10-12(3-1-5-19-12)9(17)7(6-16)20-10/h2,4,7,9-10,16-17H,1,3,5-6H2,(H2,13,14,18)/t7-,9-,10-,12-/m1/s1. The van der Waals surface area contributed by atoms with Gasteiger partial charge in [-0.1, -0.05) is 0 Å². The molecule has 0 bridgehead atoms. The van der Waals surface area contributed by atoms with Crippen LogP contribution < -0.4 is 11.4 Å². The highest BCUT2D eigenvalue weighted by atomic mass is 16.6. The number of hydrogen-bond acceptors (Lipinski definition) is 7. The average Bonchev–Trinajstić information content (AvgIpc) is 3.00. The van der Waals surface area contributed by atoms with Gasteiger partial charge in [0.05, 0.1) is 6.61 Å². The third-order valence-corrected chi connectivity index (χ3v) is 3.94. The maximum Gasteiger partial charge on any atom is 0.351 e. The number of hydrogen-bond donors (Lipinski definition) is 3. The molecule has 0 saturated carbocycles. The number of anilines is 1. The van der Waals surface area contributed by atoms with Crippen LogP contribution in [-0.2, 0) is 9.47 Å². The molecule has 4 atom stereocenters. The van der Waals surface area contributed by atoms with Crippen molar-refractivity contribution in [2.75, 3.05) is 18.9 Å². The molecule has 2 aliphatic heterocycles. The monoisotopic (exact) mass is 283 g/mol. The van der Waals surface area contributed by atoms with E-state index < -0.39 is 29.7 Å². The molecule has 110 valence electrons. The van der Waals surface area contributed by atoms with Crippen molar-refractivity contribution in [1.82, 2.24) is 9.55 Å². The van der Waals surface area contributed by atoms with Crippen molar-refractivity contribution < 1.29 is 19.7 Å². The largest absolute Gasteiger partial charge is 0.394 e. The zero-order chi connectivity index (χ0) is 14.3. The number of nitrogens with zero attached hydrogens (tertiary/aromatic N) is 2. The zero-order valence-corrected chi connectivity index (χ0v) is 10.8. The van der Waals surface area contributed by atoms with E-state index in [9.17, 15) is 15.0 Å². The first-order valence-corrected chi connectivity index (χ1v) is 6.51. The number of aromatic nitrogens is 2. The van der Waals surface area contributed by atoms with Crippen molar-refractivity contribution >= 4 is 5.82 Å². The van der Waals surface area contributed by atoms with E-state index in [1.54, 1.807) is 0 Å². The van der Waals surface area contributed by atoms with Gasteiger partial charge in [-0.25, -0.2) is 4.79 Å². The van der Waals surface area contributed by atoms with Crippen LogP contribution in [0.4, 0.5) is 5.82 Å². The lowest BCUT2D eigenvalue weighted by Crippen LogP contribution is -2.48. The van der Waals surface area contributed by atoms with Crippen LogP contribution in [0.15, 0.2) is 17.1 Å². The molecule has 1 aromatic heterocycles. The number of ether oxygens (including phenoxy) is 2. The predicted molar refractivity (Wildman–Crippen MR) is 67.8 cm³/mol. The topological polar surface area (TPSA) is 120 Å². The fourth-order valence-corrected chi connectivity index (χ4v) is 2.97. The summed E-state index contributed by atoms with van der Waals surface area (Å²) in [5.74, 6) is 0.116. The van der Waals surface area contributed by atoms with Gasteiger partial charge in [0.25, 0.3) is 0 Å². The van der Waals surface area contributed by atoms with E-state index in [1.165, 1.54) is 16.8 Å². The number of nitrogen functional groups attached to an aromatic ring is 1. The molecule has 2 saturated heterocycles. The van der Waals surface area contributed by atoms with Crippen molar-refractivity contribution in [3.8, 4) is 0 Å². The van der Waals surface area contributed by atoms with E-state index in [0.717, 1.165) is 6.42 Å². The van der Waals surface area contributed by atoms with Crippen LogP contribution in [0.2, 0.25) is 0 Å². The summed E-state index contributed by atoms with van der Waals surface area (Å²) in [6.45, 7) is 0.131. The van der Waals surface area contributed by atoms with Gasteiger partial charge in [0.15, 0.2) is 6.23 Å². The van der Waals surface area contributed by atoms with Crippen LogP contribution in [-0.4, -0.2) is 50.8 Å². The highest BCUT2D eigenvalue weighted by Crippen LogP contribution is 2.46. The number of rotatable bonds is 2. The fraction of sp³-hybridized carbons (Fsp3) is 0.667. The van der Waals surface area contributed by atoms with Crippen molar-refractivity contribution in [2.45, 2.75) is 36.9 Å². The SMILES string of the molecule is Nc1ccn([C@@H]2O[C@H](CO)[C@@H](O)[C@]23CCCO3)c(=O)n1. The number of nitrogens with two attached hydrogens (primary N) is 1. The predicted octanol–water partition coefficient (Wildman–Crippen LogP) is -1.37. The lowest BCUT2D eigenvalue weighted by molar-refractivity contribution is -0.121. The lowest BCUT2D eigenvalue weighted by Gasteiger charge is -2.31. The molecule has 2 fully saturated rings. The Morgan fingerprint density at radius 2 is 2.40 bits per heavy atom. The van der Waals surface area contributed by atoms with E-state index in [4.69, 9.17) is 15.2 Å². The minimum Gasteiger partial charge on any atom is -0.394 e. The van der Waals surface area contributed by atoms with Crippen molar-refractivity contribution in [3.05, 3.63) is 22.7 Å². The first-order valence-electron chi connectivity index (χ1n) is 6.51. The third kappa shape index (κ3) is 1.84. The Balaban J connectivity index is 2.04. The van der Waals surface area contributed by atoms with Gasteiger partial charge >= 0.3 is 5.69 Å². The average molecular weight is 283 g/mol. The molecule has 8 nitrogen and oxygen atoms in total. The first kappa shape index (κ1) is 13.5. The molecule has 0 unspecified atom stereocenters.